The molecule has 0 aliphatic carbocycles. The number of hydrogen-bond donors (Lipinski definition) is 0. The molecule has 0 aliphatic heterocycles. The Labute approximate surface area is 116 Å². The quantitative estimate of drug-likeness (QED) is 0.843. The van der Waals surface area contributed by atoms with Gasteiger partial charge in [-0.05, 0) is 30.5 Å². The topological polar surface area (TPSA) is 42.7 Å². The highest BCUT2D eigenvalue weighted by molar-refractivity contribution is 7.10. The fourth-order valence-corrected chi connectivity index (χ4v) is 2.61. The third kappa shape index (κ3) is 3.05. The van der Waals surface area contributed by atoms with Gasteiger partial charge < -0.3 is 14.1 Å². The van der Waals surface area contributed by atoms with Gasteiger partial charge >= 0.3 is 0 Å². The third-order valence-electron chi connectivity index (χ3n) is 3.02. The van der Waals surface area contributed by atoms with Gasteiger partial charge in [0, 0.05) is 19.0 Å². The van der Waals surface area contributed by atoms with Crippen LogP contribution in [0, 0.1) is 0 Å². The van der Waals surface area contributed by atoms with Crippen molar-refractivity contribution in [2.45, 2.75) is 19.6 Å². The van der Waals surface area contributed by atoms with Crippen LogP contribution >= 0.6 is 11.3 Å². The second-order valence-electron chi connectivity index (χ2n) is 4.31. The Bertz CT molecular complexity index is 533. The van der Waals surface area contributed by atoms with E-state index in [0.717, 1.165) is 4.88 Å². The molecule has 5 heteroatoms. The van der Waals surface area contributed by atoms with Crippen LogP contribution in [0.5, 0.6) is 0 Å². The normalized spacial score (nSPS) is 12.4. The molecule has 2 aromatic rings. The molecule has 0 aromatic carbocycles. The van der Waals surface area contributed by atoms with Gasteiger partial charge in [0.05, 0.1) is 6.04 Å². The van der Waals surface area contributed by atoms with Crippen LogP contribution in [-0.2, 0) is 11.3 Å². The van der Waals surface area contributed by atoms with Crippen LogP contribution in [0.1, 0.15) is 34.2 Å². The smallest absolute Gasteiger partial charge is 0.289 e. The lowest BCUT2D eigenvalue weighted by Crippen LogP contribution is -2.28. The summed E-state index contributed by atoms with van der Waals surface area (Å²) in [5, 5.41) is 2.01. The largest absolute Gasteiger partial charge is 0.453 e. The summed E-state index contributed by atoms with van der Waals surface area (Å²) >= 11 is 1.64. The predicted octanol–water partition coefficient (Wildman–Crippen LogP) is 3.32. The lowest BCUT2D eigenvalue weighted by Gasteiger charge is -2.23. The zero-order valence-corrected chi connectivity index (χ0v) is 12.1. The Morgan fingerprint density at radius 1 is 1.47 bits per heavy atom. The van der Waals surface area contributed by atoms with E-state index in [2.05, 4.69) is 0 Å². The van der Waals surface area contributed by atoms with Gasteiger partial charge in [-0.3, -0.25) is 4.79 Å². The van der Waals surface area contributed by atoms with E-state index in [1.165, 1.54) is 0 Å². The first-order valence-corrected chi connectivity index (χ1v) is 6.89. The number of ether oxygens (including phenoxy) is 1. The minimum atomic E-state index is -0.122. The molecule has 0 saturated carbocycles. The van der Waals surface area contributed by atoms with Crippen molar-refractivity contribution in [2.24, 2.45) is 0 Å². The molecule has 0 radical (unpaired) electrons. The molecule has 2 rings (SSSR count). The van der Waals surface area contributed by atoms with Gasteiger partial charge in [0.15, 0.2) is 5.76 Å². The summed E-state index contributed by atoms with van der Waals surface area (Å²) < 4.78 is 10.4. The molecular formula is C14H17NO3S. The Hall–Kier alpha value is -1.59. The van der Waals surface area contributed by atoms with Crippen LogP contribution in [0.15, 0.2) is 34.1 Å². The van der Waals surface area contributed by atoms with Crippen molar-refractivity contribution in [2.75, 3.05) is 14.2 Å². The van der Waals surface area contributed by atoms with Crippen molar-refractivity contribution < 1.29 is 13.9 Å². The van der Waals surface area contributed by atoms with Gasteiger partial charge in [-0.25, -0.2) is 0 Å². The van der Waals surface area contributed by atoms with Crippen molar-refractivity contribution >= 4 is 17.2 Å². The average molecular weight is 279 g/mol. The second-order valence-corrected chi connectivity index (χ2v) is 5.29. The van der Waals surface area contributed by atoms with E-state index in [-0.39, 0.29) is 11.9 Å². The number of furan rings is 1. The van der Waals surface area contributed by atoms with Crippen LogP contribution in [0.3, 0.4) is 0 Å². The van der Waals surface area contributed by atoms with E-state index >= 15 is 0 Å². The van der Waals surface area contributed by atoms with Crippen LogP contribution < -0.4 is 0 Å². The maximum Gasteiger partial charge on any atom is 0.289 e. The molecule has 0 aliphatic rings. The lowest BCUT2D eigenvalue weighted by molar-refractivity contribution is 0.0705. The Morgan fingerprint density at radius 3 is 2.89 bits per heavy atom. The van der Waals surface area contributed by atoms with E-state index in [1.807, 2.05) is 24.4 Å². The fraction of sp³-hybridized carbons (Fsp3) is 0.357. The van der Waals surface area contributed by atoms with Crippen LogP contribution in [0.2, 0.25) is 0 Å². The summed E-state index contributed by atoms with van der Waals surface area (Å²) in [5.74, 6) is 0.879. The van der Waals surface area contributed by atoms with Gasteiger partial charge in [-0.15, -0.1) is 11.3 Å². The molecule has 1 atom stereocenters. The highest BCUT2D eigenvalue weighted by atomic mass is 32.1. The van der Waals surface area contributed by atoms with Crippen LogP contribution in [0.25, 0.3) is 0 Å². The maximum atomic E-state index is 12.3. The van der Waals surface area contributed by atoms with Gasteiger partial charge in [0.1, 0.15) is 12.4 Å². The molecule has 1 amide bonds. The van der Waals surface area contributed by atoms with Crippen LogP contribution in [0.4, 0.5) is 0 Å². The van der Waals surface area contributed by atoms with Gasteiger partial charge in [0.25, 0.3) is 5.91 Å². The average Bonchev–Trinajstić information content (AvgIpc) is 3.07. The monoisotopic (exact) mass is 279 g/mol. The number of methoxy groups -OCH3 is 1. The molecular weight excluding hydrogens is 262 g/mol. The number of rotatable bonds is 5. The molecule has 4 nitrogen and oxygen atoms in total. The predicted molar refractivity (Wildman–Crippen MR) is 74.2 cm³/mol. The summed E-state index contributed by atoms with van der Waals surface area (Å²) in [7, 11) is 3.38. The number of nitrogens with zero attached hydrogens (tertiary/aromatic N) is 1. The zero-order chi connectivity index (χ0) is 13.8. The summed E-state index contributed by atoms with van der Waals surface area (Å²) in [6.45, 7) is 2.38. The van der Waals surface area contributed by atoms with Crippen molar-refractivity contribution in [3.05, 3.63) is 46.0 Å². The fourth-order valence-electron chi connectivity index (χ4n) is 1.78. The third-order valence-corrected chi connectivity index (χ3v) is 4.06. The SMILES string of the molecule is COCc1ccc(C(=O)N(C)C(C)c2cccs2)o1. The summed E-state index contributed by atoms with van der Waals surface area (Å²) in [6.07, 6.45) is 0. The minimum Gasteiger partial charge on any atom is -0.453 e. The van der Waals surface area contributed by atoms with E-state index in [4.69, 9.17) is 9.15 Å². The number of carbonyl (C=O) groups is 1. The summed E-state index contributed by atoms with van der Waals surface area (Å²) in [6, 6.07) is 7.49. The number of hydrogen-bond acceptors (Lipinski definition) is 4. The molecule has 1 unspecified atom stereocenters. The number of thiophene rings is 1. The molecule has 2 heterocycles. The molecule has 0 fully saturated rings. The first-order chi connectivity index (χ1) is 9.13. The van der Waals surface area contributed by atoms with Crippen LogP contribution in [-0.4, -0.2) is 25.0 Å². The van der Waals surface area contributed by atoms with E-state index < -0.39 is 0 Å². The molecule has 0 spiro atoms. The van der Waals surface area contributed by atoms with Gasteiger partial charge in [-0.2, -0.15) is 0 Å². The van der Waals surface area contributed by atoms with Crippen molar-refractivity contribution in [1.29, 1.82) is 0 Å². The van der Waals surface area contributed by atoms with E-state index in [1.54, 1.807) is 42.5 Å². The highest BCUT2D eigenvalue weighted by Crippen LogP contribution is 2.25. The highest BCUT2D eigenvalue weighted by Gasteiger charge is 2.22. The molecule has 0 N–H and O–H groups in total. The van der Waals surface area contributed by atoms with Crippen molar-refractivity contribution in [3.63, 3.8) is 0 Å². The minimum absolute atomic E-state index is 0.0310. The Morgan fingerprint density at radius 2 is 2.26 bits per heavy atom. The Balaban J connectivity index is 2.09. The molecule has 2 aromatic heterocycles. The van der Waals surface area contributed by atoms with Gasteiger partial charge in [0.2, 0.25) is 0 Å². The standard InChI is InChI=1S/C14H17NO3S/c1-10(13-5-4-8-19-13)15(2)14(16)12-7-6-11(18-12)9-17-3/h4-8,10H,9H2,1-3H3. The van der Waals surface area contributed by atoms with Gasteiger partial charge in [-0.1, -0.05) is 6.07 Å². The zero-order valence-electron chi connectivity index (χ0n) is 11.3. The first-order valence-electron chi connectivity index (χ1n) is 6.01. The second kappa shape index (κ2) is 6.04. The number of carbonyl (C=O) groups excluding carboxylic acids is 1. The van der Waals surface area contributed by atoms with E-state index in [9.17, 15) is 4.79 Å². The van der Waals surface area contributed by atoms with Crippen molar-refractivity contribution in [3.8, 4) is 0 Å². The maximum absolute atomic E-state index is 12.3. The summed E-state index contributed by atoms with van der Waals surface area (Å²) in [5.41, 5.74) is 0. The van der Waals surface area contributed by atoms with E-state index in [0.29, 0.717) is 18.1 Å². The first kappa shape index (κ1) is 13.8. The van der Waals surface area contributed by atoms with Crippen molar-refractivity contribution in [1.82, 2.24) is 4.90 Å². The molecule has 0 bridgehead atoms. The number of amides is 1. The molecule has 0 saturated heterocycles. The lowest BCUT2D eigenvalue weighted by atomic mass is 10.2. The molecule has 102 valence electrons. The Kier molecular flexibility index (Phi) is 4.39. The summed E-state index contributed by atoms with van der Waals surface area (Å²) in [4.78, 5) is 15.1. The molecule has 19 heavy (non-hydrogen) atoms.